The number of carboxylic acid groups (broad SMARTS) is 1. The molecule has 5 nitrogen and oxygen atoms in total. The summed E-state index contributed by atoms with van der Waals surface area (Å²) in [6, 6.07) is 8.33. The third-order valence-electron chi connectivity index (χ3n) is 3.36. The number of Topliss-reactive ketones (excluding diaryl/α,β-unsaturated/α-hetero) is 1. The van der Waals surface area contributed by atoms with E-state index in [-0.39, 0.29) is 17.3 Å². The molecular weight excluding hydrogens is 280 g/mol. The van der Waals surface area contributed by atoms with Gasteiger partial charge in [-0.2, -0.15) is 0 Å². The molecule has 1 aromatic carbocycles. The molecule has 2 N–H and O–H groups in total. The van der Waals surface area contributed by atoms with Crippen LogP contribution in [-0.4, -0.2) is 28.9 Å². The van der Waals surface area contributed by atoms with Gasteiger partial charge in [-0.15, -0.1) is 0 Å². The predicted octanol–water partition coefficient (Wildman–Crippen LogP) is 3.33. The molecule has 0 radical (unpaired) electrons. The zero-order valence-corrected chi connectivity index (χ0v) is 12.8. The number of carbonyl (C=O) groups is 2. The predicted molar refractivity (Wildman–Crippen MR) is 85.3 cm³/mol. The summed E-state index contributed by atoms with van der Waals surface area (Å²) in [5.41, 5.74) is 2.14. The molecule has 114 valence electrons. The highest BCUT2D eigenvalue weighted by molar-refractivity contribution is 6.02. The van der Waals surface area contributed by atoms with Gasteiger partial charge in [0.2, 0.25) is 0 Å². The Balaban J connectivity index is 2.53. The molecule has 0 atom stereocenters. The Hall–Kier alpha value is -2.69. The fraction of sp³-hybridized carbons (Fsp3) is 0.235. The summed E-state index contributed by atoms with van der Waals surface area (Å²) >= 11 is 0. The van der Waals surface area contributed by atoms with Crippen LogP contribution in [0.2, 0.25) is 0 Å². The van der Waals surface area contributed by atoms with Crippen LogP contribution < -0.4 is 5.32 Å². The first kappa shape index (κ1) is 15.7. The second-order valence-corrected chi connectivity index (χ2v) is 5.28. The summed E-state index contributed by atoms with van der Waals surface area (Å²) in [5, 5.41) is 12.0. The van der Waals surface area contributed by atoms with Crippen LogP contribution in [0.4, 0.5) is 5.82 Å². The van der Waals surface area contributed by atoms with E-state index < -0.39 is 5.97 Å². The van der Waals surface area contributed by atoms with Crippen molar-refractivity contribution in [3.8, 4) is 11.1 Å². The Morgan fingerprint density at radius 3 is 2.50 bits per heavy atom. The van der Waals surface area contributed by atoms with Gasteiger partial charge in [-0.3, -0.25) is 4.79 Å². The maximum Gasteiger partial charge on any atom is 0.335 e. The molecule has 1 heterocycles. The standard InChI is InChI=1S/C17H18N2O3/c1-10(2)15(20)14-8-13(9-19-16(14)18-3)11-5-4-6-12(7-11)17(21)22/h4-10H,1-3H3,(H,18,19)(H,21,22). The van der Waals surface area contributed by atoms with Crippen molar-refractivity contribution in [2.45, 2.75) is 13.8 Å². The highest BCUT2D eigenvalue weighted by atomic mass is 16.4. The molecule has 0 aliphatic rings. The first-order chi connectivity index (χ1) is 10.4. The van der Waals surface area contributed by atoms with Crippen LogP contribution in [0.25, 0.3) is 11.1 Å². The number of nitrogens with one attached hydrogen (secondary N) is 1. The van der Waals surface area contributed by atoms with Crippen LogP contribution in [0.3, 0.4) is 0 Å². The number of aromatic nitrogens is 1. The smallest absolute Gasteiger partial charge is 0.335 e. The summed E-state index contributed by atoms with van der Waals surface area (Å²) in [6.07, 6.45) is 1.63. The van der Waals surface area contributed by atoms with Gasteiger partial charge in [0, 0.05) is 24.7 Å². The second kappa shape index (κ2) is 6.39. The van der Waals surface area contributed by atoms with E-state index in [1.165, 1.54) is 6.07 Å². The number of carboxylic acids is 1. The highest BCUT2D eigenvalue weighted by Gasteiger charge is 2.17. The monoisotopic (exact) mass is 298 g/mol. The average molecular weight is 298 g/mol. The number of benzene rings is 1. The first-order valence-electron chi connectivity index (χ1n) is 6.99. The number of ketones is 1. The summed E-state index contributed by atoms with van der Waals surface area (Å²) in [7, 11) is 1.71. The van der Waals surface area contributed by atoms with Crippen LogP contribution >= 0.6 is 0 Å². The fourth-order valence-electron chi connectivity index (χ4n) is 2.15. The summed E-state index contributed by atoms with van der Waals surface area (Å²) in [6.45, 7) is 3.67. The lowest BCUT2D eigenvalue weighted by Crippen LogP contribution is -2.11. The minimum absolute atomic E-state index is 0.00640. The molecule has 22 heavy (non-hydrogen) atoms. The quantitative estimate of drug-likeness (QED) is 0.828. The van der Waals surface area contributed by atoms with Crippen LogP contribution in [0.5, 0.6) is 0 Å². The van der Waals surface area contributed by atoms with Crippen LogP contribution in [0, 0.1) is 5.92 Å². The SMILES string of the molecule is CNc1ncc(-c2cccc(C(=O)O)c2)cc1C(=O)C(C)C. The van der Waals surface area contributed by atoms with Gasteiger partial charge in [-0.1, -0.05) is 26.0 Å². The molecule has 1 aromatic heterocycles. The molecule has 0 saturated heterocycles. The highest BCUT2D eigenvalue weighted by Crippen LogP contribution is 2.25. The minimum Gasteiger partial charge on any atom is -0.478 e. The van der Waals surface area contributed by atoms with Crippen molar-refractivity contribution < 1.29 is 14.7 Å². The van der Waals surface area contributed by atoms with Crippen LogP contribution in [0.15, 0.2) is 36.5 Å². The lowest BCUT2D eigenvalue weighted by molar-refractivity contribution is 0.0696. The molecular formula is C17H18N2O3. The van der Waals surface area contributed by atoms with E-state index in [2.05, 4.69) is 10.3 Å². The summed E-state index contributed by atoms with van der Waals surface area (Å²) < 4.78 is 0. The third kappa shape index (κ3) is 3.14. The van der Waals surface area contributed by atoms with Gasteiger partial charge in [0.25, 0.3) is 0 Å². The molecule has 0 saturated carbocycles. The molecule has 5 heteroatoms. The van der Waals surface area contributed by atoms with Crippen molar-refractivity contribution in [3.63, 3.8) is 0 Å². The lowest BCUT2D eigenvalue weighted by Gasteiger charge is -2.12. The normalized spacial score (nSPS) is 10.5. The van der Waals surface area contributed by atoms with Gasteiger partial charge < -0.3 is 10.4 Å². The van der Waals surface area contributed by atoms with E-state index in [4.69, 9.17) is 5.11 Å². The van der Waals surface area contributed by atoms with Gasteiger partial charge in [0.05, 0.1) is 11.1 Å². The average Bonchev–Trinajstić information content (AvgIpc) is 2.53. The topological polar surface area (TPSA) is 79.3 Å². The Morgan fingerprint density at radius 2 is 1.91 bits per heavy atom. The molecule has 2 rings (SSSR count). The van der Waals surface area contributed by atoms with Crippen molar-refractivity contribution in [1.82, 2.24) is 4.98 Å². The van der Waals surface area contributed by atoms with Gasteiger partial charge in [0.1, 0.15) is 5.82 Å². The van der Waals surface area contributed by atoms with Crippen molar-refractivity contribution in [1.29, 1.82) is 0 Å². The Bertz CT molecular complexity index is 724. The Labute approximate surface area is 129 Å². The molecule has 2 aromatic rings. The van der Waals surface area contributed by atoms with Crippen molar-refractivity contribution in [3.05, 3.63) is 47.7 Å². The lowest BCUT2D eigenvalue weighted by atomic mass is 9.97. The van der Waals surface area contributed by atoms with E-state index in [0.717, 1.165) is 0 Å². The number of hydrogen-bond donors (Lipinski definition) is 2. The largest absolute Gasteiger partial charge is 0.478 e. The molecule has 0 unspecified atom stereocenters. The number of nitrogens with zero attached hydrogens (tertiary/aromatic N) is 1. The van der Waals surface area contributed by atoms with E-state index in [1.807, 2.05) is 13.8 Å². The third-order valence-corrected chi connectivity index (χ3v) is 3.36. The van der Waals surface area contributed by atoms with E-state index in [1.54, 1.807) is 37.5 Å². The van der Waals surface area contributed by atoms with E-state index in [9.17, 15) is 9.59 Å². The fourth-order valence-corrected chi connectivity index (χ4v) is 2.15. The first-order valence-corrected chi connectivity index (χ1v) is 6.99. The number of anilines is 1. The number of rotatable bonds is 5. The maximum absolute atomic E-state index is 12.3. The summed E-state index contributed by atoms with van der Waals surface area (Å²) in [4.78, 5) is 27.7. The minimum atomic E-state index is -0.986. The zero-order chi connectivity index (χ0) is 16.3. The second-order valence-electron chi connectivity index (χ2n) is 5.28. The molecule has 0 aliphatic carbocycles. The molecule has 0 spiro atoms. The maximum atomic E-state index is 12.3. The number of aromatic carboxylic acids is 1. The van der Waals surface area contributed by atoms with Gasteiger partial charge in [-0.05, 0) is 23.8 Å². The zero-order valence-electron chi connectivity index (χ0n) is 12.8. The van der Waals surface area contributed by atoms with Crippen LogP contribution in [0.1, 0.15) is 34.6 Å². The van der Waals surface area contributed by atoms with Gasteiger partial charge >= 0.3 is 5.97 Å². The number of carbonyl (C=O) groups excluding carboxylic acids is 1. The Kier molecular flexibility index (Phi) is 4.56. The number of pyridine rings is 1. The Morgan fingerprint density at radius 1 is 1.18 bits per heavy atom. The van der Waals surface area contributed by atoms with E-state index >= 15 is 0 Å². The van der Waals surface area contributed by atoms with Gasteiger partial charge in [0.15, 0.2) is 5.78 Å². The molecule has 0 fully saturated rings. The number of hydrogen-bond acceptors (Lipinski definition) is 4. The van der Waals surface area contributed by atoms with E-state index in [0.29, 0.717) is 22.5 Å². The molecule has 0 amide bonds. The summed E-state index contributed by atoms with van der Waals surface area (Å²) in [5.74, 6) is -0.612. The van der Waals surface area contributed by atoms with Gasteiger partial charge in [-0.25, -0.2) is 9.78 Å². The van der Waals surface area contributed by atoms with Crippen molar-refractivity contribution in [2.24, 2.45) is 5.92 Å². The van der Waals surface area contributed by atoms with Crippen molar-refractivity contribution in [2.75, 3.05) is 12.4 Å². The van der Waals surface area contributed by atoms with Crippen LogP contribution in [-0.2, 0) is 0 Å². The van der Waals surface area contributed by atoms with Crippen molar-refractivity contribution >= 4 is 17.6 Å². The molecule has 0 aliphatic heterocycles. The molecule has 0 bridgehead atoms.